The summed E-state index contributed by atoms with van der Waals surface area (Å²) in [4.78, 5) is 12.2. The molecule has 5 aromatic carbocycles. The van der Waals surface area contributed by atoms with Crippen LogP contribution in [0.2, 0.25) is 0 Å². The van der Waals surface area contributed by atoms with Crippen molar-refractivity contribution in [3.63, 3.8) is 0 Å². The molecule has 0 aliphatic heterocycles. The molecular weight excluding hydrogens is 454 g/mol. The molecule has 0 spiro atoms. The molecule has 0 aliphatic carbocycles. The Morgan fingerprint density at radius 2 is 0.706 bits per heavy atom. The van der Waals surface area contributed by atoms with E-state index in [-0.39, 0.29) is 0 Å². The van der Waals surface area contributed by atoms with Gasteiger partial charge in [0.15, 0.2) is 0 Å². The van der Waals surface area contributed by atoms with Crippen LogP contribution in [0.5, 0.6) is 0 Å². The fourth-order valence-electron chi connectivity index (χ4n) is 4.49. The Morgan fingerprint density at radius 1 is 0.412 bits per heavy atom. The summed E-state index contributed by atoms with van der Waals surface area (Å²) in [6.45, 7) is 0. The second-order valence-electron chi connectivity index (χ2n) is 8.27. The van der Waals surface area contributed by atoms with E-state index < -0.39 is 14.6 Å². The van der Waals surface area contributed by atoms with Crippen molar-refractivity contribution < 1.29 is 9.46 Å². The van der Waals surface area contributed by atoms with Crippen molar-refractivity contribution >= 4 is 46.5 Å². The maximum absolute atomic E-state index is 14.7. The standard InChI is InChI=1S/C30H26O2P2/c31-33(25-13-5-1-6-14-25,26-15-7-2-8-16-26)29-21-23-30(24-22-29)34(32,27-17-9-3-10-18-27)28-19-11-4-12-20-28/h1-24,31,33H. The van der Waals surface area contributed by atoms with Crippen LogP contribution < -0.4 is 31.8 Å². The summed E-state index contributed by atoms with van der Waals surface area (Å²) in [5.41, 5.74) is 0. The third-order valence-electron chi connectivity index (χ3n) is 6.27. The van der Waals surface area contributed by atoms with Gasteiger partial charge in [0.05, 0.1) is 0 Å². The molecule has 0 radical (unpaired) electrons. The van der Waals surface area contributed by atoms with Gasteiger partial charge in [-0.25, -0.2) is 0 Å². The average molecular weight is 480 g/mol. The molecule has 168 valence electrons. The Balaban J connectivity index is 1.66. The van der Waals surface area contributed by atoms with Gasteiger partial charge >= 0.3 is 202 Å². The molecule has 0 aliphatic rings. The van der Waals surface area contributed by atoms with E-state index in [0.717, 1.165) is 31.8 Å². The van der Waals surface area contributed by atoms with Crippen LogP contribution >= 0.6 is 14.6 Å². The Morgan fingerprint density at radius 3 is 1.09 bits per heavy atom. The van der Waals surface area contributed by atoms with Crippen LogP contribution in [0.25, 0.3) is 0 Å². The van der Waals surface area contributed by atoms with Crippen molar-refractivity contribution in [3.8, 4) is 0 Å². The summed E-state index contributed by atoms with van der Waals surface area (Å²) in [5, 5.41) is 5.05. The number of hydrogen-bond acceptors (Lipinski definition) is 2. The summed E-state index contributed by atoms with van der Waals surface area (Å²) >= 11 is 0. The molecule has 0 fully saturated rings. The van der Waals surface area contributed by atoms with Gasteiger partial charge in [0.1, 0.15) is 0 Å². The molecule has 0 aromatic heterocycles. The van der Waals surface area contributed by atoms with Crippen LogP contribution in [0.1, 0.15) is 0 Å². The van der Waals surface area contributed by atoms with Gasteiger partial charge in [-0.2, -0.15) is 0 Å². The Kier molecular flexibility index (Phi) is 6.31. The molecule has 0 heterocycles. The topological polar surface area (TPSA) is 37.3 Å². The molecular formula is C30H26O2P2. The SMILES string of the molecule is O=P(c1ccccc1)(c1ccccc1)c1ccc([PH](O)(c2ccccc2)c2ccccc2)cc1. The van der Waals surface area contributed by atoms with E-state index in [1.165, 1.54) is 0 Å². The molecule has 1 N–H and O–H groups in total. The molecule has 2 nitrogen and oxygen atoms in total. The monoisotopic (exact) mass is 480 g/mol. The third kappa shape index (κ3) is 3.95. The number of rotatable bonds is 6. The first kappa shape index (κ1) is 22.5. The Hall–Kier alpha value is -3.28. The summed E-state index contributed by atoms with van der Waals surface area (Å²) in [7, 11) is -6.27. The molecule has 0 atom stereocenters. The van der Waals surface area contributed by atoms with Crippen molar-refractivity contribution in [2.45, 2.75) is 0 Å². The van der Waals surface area contributed by atoms with E-state index in [2.05, 4.69) is 0 Å². The molecule has 5 rings (SSSR count). The van der Waals surface area contributed by atoms with Crippen LogP contribution in [0.3, 0.4) is 0 Å². The number of benzene rings is 5. The molecule has 4 heteroatoms. The summed E-state index contributed by atoms with van der Waals surface area (Å²) < 4.78 is 14.7. The van der Waals surface area contributed by atoms with Gasteiger partial charge in [-0.3, -0.25) is 0 Å². The molecule has 5 aromatic rings. The van der Waals surface area contributed by atoms with Crippen LogP contribution in [-0.2, 0) is 4.57 Å². The minimum absolute atomic E-state index is 0.756. The summed E-state index contributed by atoms with van der Waals surface area (Å²) in [5.74, 6) is 0. The first-order valence-corrected chi connectivity index (χ1v) is 14.9. The van der Waals surface area contributed by atoms with Crippen molar-refractivity contribution in [1.82, 2.24) is 0 Å². The van der Waals surface area contributed by atoms with E-state index >= 15 is 0 Å². The normalized spacial score (nSPS) is 12.3. The zero-order valence-electron chi connectivity index (χ0n) is 18.7. The summed E-state index contributed by atoms with van der Waals surface area (Å²) in [6, 6.07) is 46.8. The zero-order valence-corrected chi connectivity index (χ0v) is 20.6. The van der Waals surface area contributed by atoms with Gasteiger partial charge in [0.25, 0.3) is 0 Å². The van der Waals surface area contributed by atoms with E-state index in [1.54, 1.807) is 0 Å². The molecule has 0 saturated carbocycles. The van der Waals surface area contributed by atoms with Gasteiger partial charge in [0, 0.05) is 0 Å². The zero-order chi connectivity index (χ0) is 23.4. The first-order chi connectivity index (χ1) is 16.6. The minimum atomic E-state index is -3.21. The van der Waals surface area contributed by atoms with Crippen molar-refractivity contribution in [3.05, 3.63) is 146 Å². The quantitative estimate of drug-likeness (QED) is 0.369. The maximum atomic E-state index is 14.7. The van der Waals surface area contributed by atoms with E-state index in [0.29, 0.717) is 0 Å². The fraction of sp³-hybridized carbons (Fsp3) is 0. The Labute approximate surface area is 201 Å². The van der Waals surface area contributed by atoms with Crippen molar-refractivity contribution in [2.24, 2.45) is 0 Å². The van der Waals surface area contributed by atoms with E-state index in [9.17, 15) is 9.46 Å². The van der Waals surface area contributed by atoms with Gasteiger partial charge in [0.2, 0.25) is 0 Å². The van der Waals surface area contributed by atoms with Gasteiger partial charge in [-0.1, -0.05) is 0 Å². The average Bonchev–Trinajstić information content (AvgIpc) is 2.94. The van der Waals surface area contributed by atoms with Crippen LogP contribution in [0, 0.1) is 0 Å². The Bertz CT molecular complexity index is 1320. The van der Waals surface area contributed by atoms with Gasteiger partial charge in [-0.15, -0.1) is 0 Å². The van der Waals surface area contributed by atoms with Crippen molar-refractivity contribution in [1.29, 1.82) is 0 Å². The molecule has 0 bridgehead atoms. The third-order valence-corrected chi connectivity index (χ3v) is 12.9. The van der Waals surface area contributed by atoms with Gasteiger partial charge < -0.3 is 0 Å². The summed E-state index contributed by atoms with van der Waals surface area (Å²) in [6.07, 6.45) is 0. The second kappa shape index (κ2) is 9.53. The van der Waals surface area contributed by atoms with Crippen LogP contribution in [0.4, 0.5) is 0 Å². The molecule has 0 unspecified atom stereocenters. The second-order valence-corrected chi connectivity index (χ2v) is 14.2. The predicted molar refractivity (Wildman–Crippen MR) is 148 cm³/mol. The van der Waals surface area contributed by atoms with E-state index in [1.807, 2.05) is 146 Å². The molecule has 34 heavy (non-hydrogen) atoms. The predicted octanol–water partition coefficient (Wildman–Crippen LogP) is 4.26. The fourth-order valence-corrected chi connectivity index (χ4v) is 10.1. The van der Waals surface area contributed by atoms with Crippen molar-refractivity contribution in [2.75, 3.05) is 0 Å². The van der Waals surface area contributed by atoms with E-state index in [4.69, 9.17) is 0 Å². The molecule has 0 saturated heterocycles. The number of hydrogen-bond donors (Lipinski definition) is 1. The van der Waals surface area contributed by atoms with Crippen LogP contribution in [-0.4, -0.2) is 4.89 Å². The first-order valence-electron chi connectivity index (χ1n) is 11.3. The van der Waals surface area contributed by atoms with Crippen LogP contribution in [0.15, 0.2) is 146 Å². The molecule has 0 amide bonds. The van der Waals surface area contributed by atoms with Gasteiger partial charge in [-0.05, 0) is 0 Å².